The third kappa shape index (κ3) is 2.37. The summed E-state index contributed by atoms with van der Waals surface area (Å²) in [5.74, 6) is -0.116. The molecule has 0 aliphatic carbocycles. The summed E-state index contributed by atoms with van der Waals surface area (Å²) in [5, 5.41) is 3.46. The monoisotopic (exact) mass is 276 g/mol. The van der Waals surface area contributed by atoms with Crippen LogP contribution in [0.5, 0.6) is 0 Å². The molecular formula is C15H11ClN2O. The van der Waals surface area contributed by atoms with Gasteiger partial charge in [-0.1, -0.05) is 41.9 Å². The summed E-state index contributed by atoms with van der Waals surface area (Å²) in [5.41, 5.74) is 3.36. The van der Waals surface area contributed by atoms with E-state index in [9.17, 15) is 4.79 Å². The number of hydrogen-bond donors (Lipinski definition) is 1. The summed E-state index contributed by atoms with van der Waals surface area (Å²) in [6.45, 7) is 0.122. The van der Waals surface area contributed by atoms with Gasteiger partial charge in [0.05, 0.1) is 11.4 Å². The van der Waals surface area contributed by atoms with Gasteiger partial charge >= 0.3 is 0 Å². The molecular weight excluding hydrogens is 266 g/mol. The molecule has 0 aromatic heterocycles. The van der Waals surface area contributed by atoms with Crippen LogP contribution >= 0.6 is 11.6 Å². The first kappa shape index (κ1) is 11.9. The van der Waals surface area contributed by atoms with Gasteiger partial charge in [0.2, 0.25) is 5.91 Å². The number of benzodiazepines with no additional fused rings is 1. The highest BCUT2D eigenvalue weighted by molar-refractivity contribution is 6.31. The molecule has 2 aromatic carbocycles. The van der Waals surface area contributed by atoms with Crippen LogP contribution in [0.4, 0.5) is 5.69 Å². The van der Waals surface area contributed by atoms with E-state index >= 15 is 0 Å². The highest BCUT2D eigenvalue weighted by Gasteiger charge is 2.17. The van der Waals surface area contributed by atoms with Crippen LogP contribution in [0.1, 0.15) is 11.1 Å². The van der Waals surface area contributed by atoms with Crippen molar-refractivity contribution in [3.8, 4) is 0 Å². The second kappa shape index (κ2) is 4.86. The molecule has 0 atom stereocenters. The van der Waals surface area contributed by atoms with Crippen LogP contribution in [0.25, 0.3) is 0 Å². The van der Waals surface area contributed by atoms with Crippen LogP contribution in [0.15, 0.2) is 53.5 Å². The van der Waals surface area contributed by atoms with Gasteiger partial charge in [0.15, 0.2) is 0 Å². The van der Waals surface area contributed by atoms with Gasteiger partial charge in [-0.15, -0.1) is 0 Å². The molecule has 1 aliphatic rings. The number of carbonyl (C=O) groups excluding carboxylic acids is 1. The fraction of sp³-hybridized carbons (Fsp3) is 0.0667. The molecule has 0 bridgehead atoms. The Bertz CT molecular complexity index is 665. The standard InChI is InChI=1S/C15H11ClN2O/c16-11-6-7-13-12(8-11)15(17-9-14(19)18-13)10-4-2-1-3-5-10/h1-8H,9H2,(H,18,19)/i1+1,2+1,3+1,4+1,5+1,10+1. The largest absolute Gasteiger partial charge is 0.324 e. The Morgan fingerprint density at radius 1 is 1.11 bits per heavy atom. The zero-order valence-electron chi connectivity index (χ0n) is 10.1. The Balaban J connectivity index is 2.20. The number of hydrogen-bond acceptors (Lipinski definition) is 2. The van der Waals surface area contributed by atoms with Gasteiger partial charge < -0.3 is 5.32 Å². The van der Waals surface area contributed by atoms with Crippen molar-refractivity contribution in [2.24, 2.45) is 4.99 Å². The number of aliphatic imine (C=N–C) groups is 1. The predicted molar refractivity (Wildman–Crippen MR) is 77.0 cm³/mol. The fourth-order valence-corrected chi connectivity index (χ4v) is 2.26. The van der Waals surface area contributed by atoms with E-state index in [0.29, 0.717) is 5.02 Å². The number of carbonyl (C=O) groups is 1. The van der Waals surface area contributed by atoms with E-state index in [1.165, 1.54) is 0 Å². The lowest BCUT2D eigenvalue weighted by molar-refractivity contribution is -0.114. The molecule has 1 heterocycles. The Hall–Kier alpha value is -2.13. The van der Waals surface area contributed by atoms with Crippen molar-refractivity contribution in [1.82, 2.24) is 0 Å². The summed E-state index contributed by atoms with van der Waals surface area (Å²) in [7, 11) is 0. The average Bonchev–Trinajstić information content (AvgIpc) is 2.58. The first-order chi connectivity index (χ1) is 9.24. The van der Waals surface area contributed by atoms with Gasteiger partial charge in [-0.3, -0.25) is 9.79 Å². The molecule has 0 unspecified atom stereocenters. The van der Waals surface area contributed by atoms with Crippen molar-refractivity contribution in [1.29, 1.82) is 0 Å². The zero-order chi connectivity index (χ0) is 13.2. The third-order valence-corrected chi connectivity index (χ3v) is 3.17. The SMILES string of the molecule is O=C1CN=C([13c]2[13cH][13cH][13cH][13cH][13cH]2)c2cc(Cl)ccc2N1. The topological polar surface area (TPSA) is 41.5 Å². The maximum absolute atomic E-state index is 11.7. The van der Waals surface area contributed by atoms with Crippen molar-refractivity contribution in [3.63, 3.8) is 0 Å². The highest BCUT2D eigenvalue weighted by atomic mass is 35.5. The van der Waals surface area contributed by atoms with E-state index in [4.69, 9.17) is 11.6 Å². The van der Waals surface area contributed by atoms with Crippen LogP contribution in [0, 0.1) is 0 Å². The Kier molecular flexibility index (Phi) is 3.05. The Labute approximate surface area is 115 Å². The summed E-state index contributed by atoms with van der Waals surface area (Å²) >= 11 is 6.05. The van der Waals surface area contributed by atoms with Crippen LogP contribution in [0.3, 0.4) is 0 Å². The number of anilines is 1. The quantitative estimate of drug-likeness (QED) is 0.854. The lowest BCUT2D eigenvalue weighted by Crippen LogP contribution is -2.13. The van der Waals surface area contributed by atoms with E-state index in [-0.39, 0.29) is 12.5 Å². The van der Waals surface area contributed by atoms with E-state index in [2.05, 4.69) is 10.3 Å². The van der Waals surface area contributed by atoms with Crippen molar-refractivity contribution in [2.45, 2.75) is 0 Å². The predicted octanol–water partition coefficient (Wildman–Crippen LogP) is 3.13. The molecule has 3 rings (SSSR count). The van der Waals surface area contributed by atoms with Gasteiger partial charge in [0, 0.05) is 16.1 Å². The number of amides is 1. The summed E-state index contributed by atoms with van der Waals surface area (Å²) in [6.07, 6.45) is 0. The van der Waals surface area contributed by atoms with Crippen molar-refractivity contribution in [2.75, 3.05) is 11.9 Å². The van der Waals surface area contributed by atoms with E-state index < -0.39 is 0 Å². The molecule has 0 saturated carbocycles. The lowest BCUT2D eigenvalue weighted by Gasteiger charge is -2.10. The second-order valence-electron chi connectivity index (χ2n) is 4.27. The van der Waals surface area contributed by atoms with Gasteiger partial charge in [-0.2, -0.15) is 0 Å². The van der Waals surface area contributed by atoms with Crippen LogP contribution in [-0.4, -0.2) is 18.2 Å². The van der Waals surface area contributed by atoms with Gasteiger partial charge in [0.1, 0.15) is 6.54 Å². The lowest BCUT2D eigenvalue weighted by atomic mass is 10.1. The molecule has 1 N–H and O–H groups in total. The summed E-state index contributed by atoms with van der Waals surface area (Å²) in [4.78, 5) is 16.1. The Morgan fingerprint density at radius 3 is 2.68 bits per heavy atom. The molecule has 3 nitrogen and oxygen atoms in total. The Morgan fingerprint density at radius 2 is 1.89 bits per heavy atom. The van der Waals surface area contributed by atoms with E-state index in [0.717, 1.165) is 22.5 Å². The minimum Gasteiger partial charge on any atom is -0.324 e. The van der Waals surface area contributed by atoms with Crippen molar-refractivity contribution < 1.29 is 4.79 Å². The van der Waals surface area contributed by atoms with Gasteiger partial charge in [0.25, 0.3) is 0 Å². The summed E-state index contributed by atoms with van der Waals surface area (Å²) < 4.78 is 0. The highest BCUT2D eigenvalue weighted by Crippen LogP contribution is 2.25. The molecule has 1 aliphatic heterocycles. The number of halogens is 1. The number of nitrogens with one attached hydrogen (secondary N) is 1. The minimum atomic E-state index is -0.116. The molecule has 2 aromatic rings. The molecule has 94 valence electrons. The number of benzene rings is 2. The van der Waals surface area contributed by atoms with Crippen LogP contribution in [-0.2, 0) is 4.79 Å². The molecule has 1 amide bonds. The average molecular weight is 277 g/mol. The van der Waals surface area contributed by atoms with E-state index in [1.54, 1.807) is 12.1 Å². The number of fused-ring (bicyclic) bond motifs is 1. The number of rotatable bonds is 1. The van der Waals surface area contributed by atoms with Crippen molar-refractivity contribution in [3.05, 3.63) is 64.7 Å². The first-order valence-electron chi connectivity index (χ1n) is 5.94. The third-order valence-electron chi connectivity index (χ3n) is 2.94. The minimum absolute atomic E-state index is 0.116. The first-order valence-corrected chi connectivity index (χ1v) is 6.31. The second-order valence-corrected chi connectivity index (χ2v) is 4.71. The molecule has 0 radical (unpaired) electrons. The summed E-state index contributed by atoms with van der Waals surface area (Å²) in [6, 6.07) is 15.2. The molecule has 4 heteroatoms. The van der Waals surface area contributed by atoms with Crippen LogP contribution < -0.4 is 5.32 Å². The maximum atomic E-state index is 11.7. The van der Waals surface area contributed by atoms with Crippen molar-refractivity contribution >= 4 is 28.9 Å². The molecule has 0 saturated heterocycles. The van der Waals surface area contributed by atoms with Gasteiger partial charge in [-0.05, 0) is 18.2 Å². The molecule has 0 spiro atoms. The van der Waals surface area contributed by atoms with Crippen LogP contribution in [0.2, 0.25) is 5.02 Å². The molecule has 19 heavy (non-hydrogen) atoms. The van der Waals surface area contributed by atoms with E-state index in [1.807, 2.05) is 36.4 Å². The molecule has 0 fully saturated rings. The fourth-order valence-electron chi connectivity index (χ4n) is 2.09. The maximum Gasteiger partial charge on any atom is 0.246 e. The normalized spacial score (nSPS) is 14.2. The van der Waals surface area contributed by atoms with Gasteiger partial charge in [-0.25, -0.2) is 0 Å². The number of nitrogens with zero attached hydrogens (tertiary/aromatic N) is 1. The smallest absolute Gasteiger partial charge is 0.246 e. The zero-order valence-corrected chi connectivity index (χ0v) is 10.8.